The Bertz CT molecular complexity index is 793. The van der Waals surface area contributed by atoms with Crippen LogP contribution in [0.5, 0.6) is 5.75 Å². The third kappa shape index (κ3) is 4.95. The molecule has 25 heavy (non-hydrogen) atoms. The summed E-state index contributed by atoms with van der Waals surface area (Å²) in [7, 11) is 2.93. The van der Waals surface area contributed by atoms with E-state index < -0.39 is 0 Å². The van der Waals surface area contributed by atoms with Crippen molar-refractivity contribution < 1.29 is 19.1 Å². The molecule has 2 aromatic carbocycles. The van der Waals surface area contributed by atoms with Crippen molar-refractivity contribution in [2.75, 3.05) is 31.5 Å². The maximum Gasteiger partial charge on any atom is 0.255 e. The van der Waals surface area contributed by atoms with Gasteiger partial charge in [0.15, 0.2) is 0 Å². The first-order valence-electron chi connectivity index (χ1n) is 7.49. The van der Waals surface area contributed by atoms with Gasteiger partial charge in [0, 0.05) is 23.4 Å². The van der Waals surface area contributed by atoms with Gasteiger partial charge in [-0.3, -0.25) is 9.59 Å². The van der Waals surface area contributed by atoms with E-state index in [1.54, 1.807) is 36.4 Å². The molecule has 0 saturated heterocycles. The van der Waals surface area contributed by atoms with Crippen LogP contribution < -0.4 is 15.4 Å². The summed E-state index contributed by atoms with van der Waals surface area (Å²) in [6.07, 6.45) is 0. The quantitative estimate of drug-likeness (QED) is 0.824. The Hall–Kier alpha value is -2.57. The van der Waals surface area contributed by atoms with Crippen LogP contribution in [0, 0.1) is 6.92 Å². The van der Waals surface area contributed by atoms with Crippen molar-refractivity contribution in [2.45, 2.75) is 6.92 Å². The molecule has 0 radical (unpaired) electrons. The van der Waals surface area contributed by atoms with Crippen LogP contribution in [-0.4, -0.2) is 32.6 Å². The maximum absolute atomic E-state index is 12.4. The van der Waals surface area contributed by atoms with Crippen molar-refractivity contribution in [3.63, 3.8) is 0 Å². The molecule has 7 heteroatoms. The number of hydrogen-bond acceptors (Lipinski definition) is 4. The summed E-state index contributed by atoms with van der Waals surface area (Å²) in [4.78, 5) is 24.2. The number of benzene rings is 2. The number of ether oxygens (including phenoxy) is 2. The van der Waals surface area contributed by atoms with Gasteiger partial charge in [-0.25, -0.2) is 0 Å². The van der Waals surface area contributed by atoms with Crippen LogP contribution in [0.25, 0.3) is 0 Å². The number of nitrogens with one attached hydrogen (secondary N) is 2. The molecule has 0 aliphatic carbocycles. The summed E-state index contributed by atoms with van der Waals surface area (Å²) in [5, 5.41) is 6.04. The van der Waals surface area contributed by atoms with Gasteiger partial charge in [-0.2, -0.15) is 0 Å². The highest BCUT2D eigenvalue weighted by Gasteiger charge is 2.12. The van der Waals surface area contributed by atoms with E-state index in [1.165, 1.54) is 14.2 Å². The highest BCUT2D eigenvalue weighted by Crippen LogP contribution is 2.28. The molecule has 6 nitrogen and oxygen atoms in total. The Morgan fingerprint density at radius 2 is 1.84 bits per heavy atom. The fourth-order valence-corrected chi connectivity index (χ4v) is 2.51. The predicted molar refractivity (Wildman–Crippen MR) is 97.6 cm³/mol. The lowest BCUT2D eigenvalue weighted by atomic mass is 10.1. The zero-order chi connectivity index (χ0) is 18.4. The summed E-state index contributed by atoms with van der Waals surface area (Å²) < 4.78 is 10.0. The average molecular weight is 363 g/mol. The average Bonchev–Trinajstić information content (AvgIpc) is 2.55. The van der Waals surface area contributed by atoms with Gasteiger partial charge in [0.05, 0.1) is 12.8 Å². The first kappa shape index (κ1) is 18.8. The van der Waals surface area contributed by atoms with Crippen molar-refractivity contribution in [3.8, 4) is 5.75 Å². The fraction of sp³-hybridized carbons (Fsp3) is 0.222. The number of carbonyl (C=O) groups is 2. The largest absolute Gasteiger partial charge is 0.495 e. The van der Waals surface area contributed by atoms with Crippen molar-refractivity contribution >= 4 is 34.8 Å². The molecular formula is C18H19ClN2O4. The van der Waals surface area contributed by atoms with Crippen LogP contribution in [0.2, 0.25) is 5.02 Å². The van der Waals surface area contributed by atoms with Crippen LogP contribution in [0.3, 0.4) is 0 Å². The SMILES string of the molecule is COCC(=O)Nc1cc(NC(=O)c2ccc(Cl)cc2C)ccc1OC. The number of hydrogen-bond donors (Lipinski definition) is 2. The number of amides is 2. The highest BCUT2D eigenvalue weighted by molar-refractivity contribution is 6.30. The van der Waals surface area contributed by atoms with E-state index in [0.717, 1.165) is 5.56 Å². The van der Waals surface area contributed by atoms with Gasteiger partial charge in [-0.05, 0) is 48.9 Å². The minimum Gasteiger partial charge on any atom is -0.495 e. The van der Waals surface area contributed by atoms with Crippen LogP contribution in [0.1, 0.15) is 15.9 Å². The van der Waals surface area contributed by atoms with Crippen molar-refractivity contribution in [2.24, 2.45) is 0 Å². The molecule has 0 heterocycles. The molecule has 132 valence electrons. The number of methoxy groups -OCH3 is 2. The van der Waals surface area contributed by atoms with E-state index in [0.29, 0.717) is 27.7 Å². The highest BCUT2D eigenvalue weighted by atomic mass is 35.5. The van der Waals surface area contributed by atoms with Crippen LogP contribution >= 0.6 is 11.6 Å². The van der Waals surface area contributed by atoms with Gasteiger partial charge >= 0.3 is 0 Å². The fourth-order valence-electron chi connectivity index (χ4n) is 2.28. The van der Waals surface area contributed by atoms with Crippen molar-refractivity contribution in [1.82, 2.24) is 0 Å². The van der Waals surface area contributed by atoms with E-state index in [1.807, 2.05) is 6.92 Å². The molecule has 0 bridgehead atoms. The predicted octanol–water partition coefficient (Wildman–Crippen LogP) is 3.49. The Kier molecular flexibility index (Phi) is 6.38. The minimum atomic E-state index is -0.321. The second-order valence-electron chi connectivity index (χ2n) is 5.31. The first-order chi connectivity index (χ1) is 11.9. The summed E-state index contributed by atoms with van der Waals surface area (Å²) in [5.74, 6) is -0.114. The molecule has 2 rings (SSSR count). The third-order valence-corrected chi connectivity index (χ3v) is 3.68. The molecule has 0 unspecified atom stereocenters. The van der Waals surface area contributed by atoms with Gasteiger partial charge in [0.25, 0.3) is 5.91 Å². The molecular weight excluding hydrogens is 344 g/mol. The van der Waals surface area contributed by atoms with Gasteiger partial charge in [0.1, 0.15) is 12.4 Å². The lowest BCUT2D eigenvalue weighted by Gasteiger charge is -2.13. The summed E-state index contributed by atoms with van der Waals surface area (Å²) in [6.45, 7) is 1.73. The number of aryl methyl sites for hydroxylation is 1. The number of rotatable bonds is 6. The molecule has 0 saturated carbocycles. The molecule has 0 fully saturated rings. The third-order valence-electron chi connectivity index (χ3n) is 3.44. The topological polar surface area (TPSA) is 76.7 Å². The molecule has 2 N–H and O–H groups in total. The van der Waals surface area contributed by atoms with E-state index >= 15 is 0 Å². The zero-order valence-corrected chi connectivity index (χ0v) is 14.9. The Morgan fingerprint density at radius 1 is 1.08 bits per heavy atom. The monoisotopic (exact) mass is 362 g/mol. The van der Waals surface area contributed by atoms with Crippen LogP contribution in [-0.2, 0) is 9.53 Å². The smallest absolute Gasteiger partial charge is 0.255 e. The summed E-state index contributed by atoms with van der Waals surface area (Å²) in [5.41, 5.74) is 2.25. The number of carbonyl (C=O) groups excluding carboxylic acids is 2. The summed E-state index contributed by atoms with van der Waals surface area (Å²) in [6, 6.07) is 10.0. The van der Waals surface area contributed by atoms with Crippen molar-refractivity contribution in [3.05, 3.63) is 52.5 Å². The summed E-state index contributed by atoms with van der Waals surface area (Å²) >= 11 is 5.91. The molecule has 0 aromatic heterocycles. The van der Waals surface area contributed by atoms with E-state index in [2.05, 4.69) is 10.6 Å². The van der Waals surface area contributed by atoms with E-state index in [9.17, 15) is 9.59 Å². The molecule has 2 aromatic rings. The molecule has 0 spiro atoms. The first-order valence-corrected chi connectivity index (χ1v) is 7.86. The number of anilines is 2. The lowest BCUT2D eigenvalue weighted by Crippen LogP contribution is -2.18. The van der Waals surface area contributed by atoms with Gasteiger partial charge < -0.3 is 20.1 Å². The van der Waals surface area contributed by atoms with E-state index in [-0.39, 0.29) is 18.4 Å². The Morgan fingerprint density at radius 3 is 2.48 bits per heavy atom. The normalized spacial score (nSPS) is 10.2. The van der Waals surface area contributed by atoms with Gasteiger partial charge in [-0.15, -0.1) is 0 Å². The Labute approximate surface area is 151 Å². The Balaban J connectivity index is 2.21. The van der Waals surface area contributed by atoms with Gasteiger partial charge in [0.2, 0.25) is 5.91 Å². The number of halogens is 1. The van der Waals surface area contributed by atoms with E-state index in [4.69, 9.17) is 21.1 Å². The zero-order valence-electron chi connectivity index (χ0n) is 14.2. The van der Waals surface area contributed by atoms with Crippen molar-refractivity contribution in [1.29, 1.82) is 0 Å². The molecule has 0 atom stereocenters. The van der Waals surface area contributed by atoms with Crippen LogP contribution in [0.15, 0.2) is 36.4 Å². The second kappa shape index (κ2) is 8.50. The van der Waals surface area contributed by atoms with Crippen LogP contribution in [0.4, 0.5) is 11.4 Å². The molecule has 2 amide bonds. The molecule has 0 aliphatic rings. The molecule has 0 aliphatic heterocycles. The minimum absolute atomic E-state index is 0.0797. The standard InChI is InChI=1S/C18H19ClN2O4/c1-11-8-12(19)4-6-14(11)18(23)20-13-5-7-16(25-3)15(9-13)21-17(22)10-24-2/h4-9H,10H2,1-3H3,(H,20,23)(H,21,22). The second-order valence-corrected chi connectivity index (χ2v) is 5.75. The lowest BCUT2D eigenvalue weighted by molar-refractivity contribution is -0.119. The maximum atomic E-state index is 12.4. The van der Waals surface area contributed by atoms with Gasteiger partial charge in [-0.1, -0.05) is 11.6 Å².